The summed E-state index contributed by atoms with van der Waals surface area (Å²) in [7, 11) is 0. The predicted molar refractivity (Wildman–Crippen MR) is 78.3 cm³/mol. The number of nitrogens with one attached hydrogen (secondary N) is 1. The van der Waals surface area contributed by atoms with Crippen molar-refractivity contribution in [1.29, 1.82) is 0 Å². The average molecular weight is 289 g/mol. The number of benzene rings is 1. The lowest BCUT2D eigenvalue weighted by Gasteiger charge is -2.09. The number of fused-ring (bicyclic) bond motifs is 1. The van der Waals surface area contributed by atoms with E-state index in [0.717, 1.165) is 0 Å². The molecule has 0 radical (unpaired) electrons. The Balaban J connectivity index is 2.07. The van der Waals surface area contributed by atoms with Gasteiger partial charge in [0.25, 0.3) is 5.69 Å². The minimum absolute atomic E-state index is 0.0280. The number of carbonyl (C=O) groups is 1. The maximum Gasteiger partial charge on any atom is 0.306 e. The molecule has 1 aromatic carbocycles. The highest BCUT2D eigenvalue weighted by atomic mass is 16.6. The van der Waals surface area contributed by atoms with Gasteiger partial charge in [-0.05, 0) is 24.6 Å². The number of nitro benzene ring substituents is 1. The second kappa shape index (κ2) is 6.17. The van der Waals surface area contributed by atoms with E-state index < -0.39 is 16.8 Å². The molecule has 2 rings (SSSR count). The van der Waals surface area contributed by atoms with Crippen LogP contribution in [0.25, 0.3) is 10.9 Å². The standard InChI is InChI=1S/C14H15N3O4/c1-9(14(18)19)6-7-15-13-5-2-10-8-11(17(20)21)3-4-12(10)16-13/h2-5,8-9H,6-7H2,1H3,(H,15,16)(H,18,19). The van der Waals surface area contributed by atoms with Gasteiger partial charge in [0.2, 0.25) is 0 Å². The molecule has 1 unspecified atom stereocenters. The number of aliphatic carboxylic acids is 1. The number of carboxylic acids is 1. The van der Waals surface area contributed by atoms with Crippen molar-refractivity contribution >= 4 is 28.4 Å². The number of nitrogens with zero attached hydrogens (tertiary/aromatic N) is 2. The molecule has 0 bridgehead atoms. The zero-order valence-electron chi connectivity index (χ0n) is 11.4. The number of rotatable bonds is 6. The quantitative estimate of drug-likeness (QED) is 0.625. The number of non-ortho nitro benzene ring substituents is 1. The van der Waals surface area contributed by atoms with Crippen molar-refractivity contribution in [3.63, 3.8) is 0 Å². The van der Waals surface area contributed by atoms with Gasteiger partial charge in [0.15, 0.2) is 0 Å². The highest BCUT2D eigenvalue weighted by Crippen LogP contribution is 2.21. The van der Waals surface area contributed by atoms with Gasteiger partial charge < -0.3 is 10.4 Å². The average Bonchev–Trinajstić information content (AvgIpc) is 2.46. The summed E-state index contributed by atoms with van der Waals surface area (Å²) in [5, 5.41) is 23.2. The second-order valence-corrected chi connectivity index (χ2v) is 4.79. The molecule has 2 N–H and O–H groups in total. The molecule has 0 amide bonds. The first-order valence-electron chi connectivity index (χ1n) is 6.49. The highest BCUT2D eigenvalue weighted by Gasteiger charge is 2.10. The predicted octanol–water partition coefficient (Wildman–Crippen LogP) is 2.67. The summed E-state index contributed by atoms with van der Waals surface area (Å²) in [4.78, 5) is 25.3. The maximum atomic E-state index is 10.7. The normalized spacial score (nSPS) is 12.0. The van der Waals surface area contributed by atoms with Crippen molar-refractivity contribution in [2.75, 3.05) is 11.9 Å². The number of anilines is 1. The summed E-state index contributed by atoms with van der Waals surface area (Å²) < 4.78 is 0. The van der Waals surface area contributed by atoms with E-state index in [-0.39, 0.29) is 5.69 Å². The summed E-state index contributed by atoms with van der Waals surface area (Å²) in [6, 6.07) is 7.94. The number of carboxylic acid groups (broad SMARTS) is 1. The number of hydrogen-bond donors (Lipinski definition) is 2. The van der Waals surface area contributed by atoms with Crippen molar-refractivity contribution in [3.8, 4) is 0 Å². The lowest BCUT2D eigenvalue weighted by molar-refractivity contribution is -0.384. The SMILES string of the molecule is CC(CCNc1ccc2cc([N+](=O)[O-])ccc2n1)C(=O)O. The van der Waals surface area contributed by atoms with Crippen molar-refractivity contribution < 1.29 is 14.8 Å². The molecule has 0 fully saturated rings. The van der Waals surface area contributed by atoms with Crippen LogP contribution in [0.3, 0.4) is 0 Å². The fourth-order valence-corrected chi connectivity index (χ4v) is 1.87. The molecule has 0 aliphatic rings. The van der Waals surface area contributed by atoms with E-state index >= 15 is 0 Å². The van der Waals surface area contributed by atoms with E-state index in [2.05, 4.69) is 10.3 Å². The van der Waals surface area contributed by atoms with E-state index in [0.29, 0.717) is 29.7 Å². The molecule has 0 saturated carbocycles. The molecule has 1 atom stereocenters. The van der Waals surface area contributed by atoms with Crippen LogP contribution in [0.15, 0.2) is 30.3 Å². The van der Waals surface area contributed by atoms with Gasteiger partial charge in [0.05, 0.1) is 16.4 Å². The minimum atomic E-state index is -0.824. The second-order valence-electron chi connectivity index (χ2n) is 4.79. The zero-order chi connectivity index (χ0) is 15.4. The molecule has 21 heavy (non-hydrogen) atoms. The number of aromatic nitrogens is 1. The molecule has 0 spiro atoms. The monoisotopic (exact) mass is 289 g/mol. The Morgan fingerprint density at radius 3 is 2.86 bits per heavy atom. The third-order valence-electron chi connectivity index (χ3n) is 3.19. The van der Waals surface area contributed by atoms with E-state index in [9.17, 15) is 14.9 Å². The van der Waals surface area contributed by atoms with Crippen LogP contribution in [0.4, 0.5) is 11.5 Å². The van der Waals surface area contributed by atoms with Gasteiger partial charge in [0.1, 0.15) is 5.82 Å². The van der Waals surface area contributed by atoms with Crippen LogP contribution < -0.4 is 5.32 Å². The van der Waals surface area contributed by atoms with Gasteiger partial charge in [-0.3, -0.25) is 14.9 Å². The largest absolute Gasteiger partial charge is 0.481 e. The van der Waals surface area contributed by atoms with Crippen LogP contribution in [0, 0.1) is 16.0 Å². The van der Waals surface area contributed by atoms with Gasteiger partial charge in [-0.15, -0.1) is 0 Å². The number of hydrogen-bond acceptors (Lipinski definition) is 5. The Labute approximate surface area is 120 Å². The summed E-state index contributed by atoms with van der Waals surface area (Å²) in [5.74, 6) is -0.620. The van der Waals surface area contributed by atoms with Crippen LogP contribution >= 0.6 is 0 Å². The number of nitro groups is 1. The van der Waals surface area contributed by atoms with E-state index in [1.807, 2.05) is 0 Å². The van der Waals surface area contributed by atoms with E-state index in [1.54, 1.807) is 25.1 Å². The van der Waals surface area contributed by atoms with Crippen LogP contribution in [0.2, 0.25) is 0 Å². The van der Waals surface area contributed by atoms with Crippen molar-refractivity contribution in [1.82, 2.24) is 4.98 Å². The van der Waals surface area contributed by atoms with Gasteiger partial charge >= 0.3 is 5.97 Å². The molecule has 7 heteroatoms. The molecule has 0 saturated heterocycles. The lowest BCUT2D eigenvalue weighted by atomic mass is 10.1. The maximum absolute atomic E-state index is 10.7. The molecule has 1 heterocycles. The van der Waals surface area contributed by atoms with Crippen LogP contribution in [-0.2, 0) is 4.79 Å². The van der Waals surface area contributed by atoms with Crippen LogP contribution in [-0.4, -0.2) is 27.5 Å². The highest BCUT2D eigenvalue weighted by molar-refractivity contribution is 5.82. The van der Waals surface area contributed by atoms with Gasteiger partial charge in [0, 0.05) is 24.1 Å². The molecule has 1 aromatic heterocycles. The van der Waals surface area contributed by atoms with Crippen molar-refractivity contribution in [2.24, 2.45) is 5.92 Å². The first-order valence-corrected chi connectivity index (χ1v) is 6.49. The molecule has 110 valence electrons. The van der Waals surface area contributed by atoms with Crippen LogP contribution in [0.1, 0.15) is 13.3 Å². The summed E-state index contributed by atoms with van der Waals surface area (Å²) >= 11 is 0. The van der Waals surface area contributed by atoms with Gasteiger partial charge in [-0.25, -0.2) is 4.98 Å². The fraction of sp³-hybridized carbons (Fsp3) is 0.286. The Morgan fingerprint density at radius 2 is 2.19 bits per heavy atom. The molecule has 7 nitrogen and oxygen atoms in total. The fourth-order valence-electron chi connectivity index (χ4n) is 1.87. The molecule has 0 aliphatic heterocycles. The summed E-state index contributed by atoms with van der Waals surface area (Å²) in [6.45, 7) is 2.15. The van der Waals surface area contributed by atoms with Gasteiger partial charge in [-0.1, -0.05) is 6.92 Å². The Hall–Kier alpha value is -2.70. The number of pyridine rings is 1. The third kappa shape index (κ3) is 3.65. The van der Waals surface area contributed by atoms with E-state index in [1.165, 1.54) is 12.1 Å². The smallest absolute Gasteiger partial charge is 0.306 e. The molecule has 0 aliphatic carbocycles. The summed E-state index contributed by atoms with van der Waals surface area (Å²) in [6.07, 6.45) is 0.495. The lowest BCUT2D eigenvalue weighted by Crippen LogP contribution is -2.14. The molecular weight excluding hydrogens is 274 g/mol. The van der Waals surface area contributed by atoms with Crippen molar-refractivity contribution in [3.05, 3.63) is 40.4 Å². The Kier molecular flexibility index (Phi) is 4.32. The zero-order valence-corrected chi connectivity index (χ0v) is 11.4. The van der Waals surface area contributed by atoms with E-state index in [4.69, 9.17) is 5.11 Å². The Bertz CT molecular complexity index is 687. The first-order chi connectivity index (χ1) is 9.97. The minimum Gasteiger partial charge on any atom is -0.481 e. The molecular formula is C14H15N3O4. The Morgan fingerprint density at radius 1 is 1.43 bits per heavy atom. The summed E-state index contributed by atoms with van der Waals surface area (Å²) in [5.41, 5.74) is 0.678. The topological polar surface area (TPSA) is 105 Å². The molecule has 2 aromatic rings. The van der Waals surface area contributed by atoms with Crippen molar-refractivity contribution in [2.45, 2.75) is 13.3 Å². The first kappa shape index (κ1) is 14.7. The third-order valence-corrected chi connectivity index (χ3v) is 3.19. The van der Waals surface area contributed by atoms with Crippen LogP contribution in [0.5, 0.6) is 0 Å². The van der Waals surface area contributed by atoms with Gasteiger partial charge in [-0.2, -0.15) is 0 Å².